The van der Waals surface area contributed by atoms with Crippen molar-refractivity contribution in [1.29, 1.82) is 0 Å². The predicted molar refractivity (Wildman–Crippen MR) is 159 cm³/mol. The molecule has 3 rings (SSSR count). The first-order valence-electron chi connectivity index (χ1n) is 13.6. The van der Waals surface area contributed by atoms with Crippen LogP contribution in [0.15, 0.2) is 48.5 Å². The molecule has 0 aliphatic heterocycles. The number of alkyl carbamates (subject to hydrolysis) is 1. The smallest absolute Gasteiger partial charge is 0.407 e. The number of carboxylic acid groups (broad SMARTS) is 1. The zero-order valence-corrected chi connectivity index (χ0v) is 24.4. The van der Waals surface area contributed by atoms with Gasteiger partial charge in [0.05, 0.1) is 0 Å². The summed E-state index contributed by atoms with van der Waals surface area (Å²) >= 11 is 3.95. The number of hydrogen-bond acceptors (Lipinski definition) is 7. The van der Waals surface area contributed by atoms with E-state index in [0.29, 0.717) is 0 Å². The molecule has 2 aromatic rings. The molecule has 5 amide bonds. The van der Waals surface area contributed by atoms with Crippen molar-refractivity contribution in [2.75, 3.05) is 18.9 Å². The molecule has 0 saturated heterocycles. The molecular weight excluding hydrogens is 562 g/mol. The molecule has 3 atom stereocenters. The Morgan fingerprint density at radius 3 is 2.00 bits per heavy atom. The summed E-state index contributed by atoms with van der Waals surface area (Å²) in [5, 5.41) is 19.2. The van der Waals surface area contributed by atoms with Gasteiger partial charge in [-0.15, -0.1) is 0 Å². The number of carbonyl (C=O) groups is 5. The van der Waals surface area contributed by atoms with Crippen molar-refractivity contribution in [2.45, 2.75) is 50.7 Å². The van der Waals surface area contributed by atoms with E-state index < -0.39 is 48.0 Å². The standard InChI is InChI=1S/C29H37N5O7S/c1-16(2)24(26(36)32-22(12-7-13-31-28(30)39)25(35)33-23(15-42)27(37)38)34-29(40)41-14-21-19-10-5-3-8-17(19)18-9-4-6-11-20(18)21/h3-6,8-11,16,21-24,42H,7,12-15H2,1-2H3,(H,32,36)(H,33,35)(H,34,40)(H,37,38)(H3,30,31,39)/t22-,23-,24-/m0/s1. The van der Waals surface area contributed by atoms with E-state index in [1.807, 2.05) is 48.5 Å². The number of aliphatic carboxylic acids is 1. The molecule has 42 heavy (non-hydrogen) atoms. The molecule has 0 spiro atoms. The van der Waals surface area contributed by atoms with Gasteiger partial charge in [-0.2, -0.15) is 12.6 Å². The Hall–Kier alpha value is -4.26. The number of benzene rings is 2. The Bertz CT molecular complexity index is 1260. The van der Waals surface area contributed by atoms with Crippen LogP contribution in [0, 0.1) is 5.92 Å². The first-order valence-corrected chi connectivity index (χ1v) is 14.3. The Kier molecular flexibility index (Phi) is 11.6. The molecular formula is C29H37N5O7S. The number of ether oxygens (including phenoxy) is 1. The van der Waals surface area contributed by atoms with Crippen LogP contribution in [0.1, 0.15) is 43.7 Å². The number of urea groups is 1. The topological polar surface area (TPSA) is 189 Å². The van der Waals surface area contributed by atoms with Gasteiger partial charge >= 0.3 is 18.1 Å². The number of carbonyl (C=O) groups excluding carboxylic acids is 4. The van der Waals surface area contributed by atoms with E-state index in [-0.39, 0.29) is 43.6 Å². The van der Waals surface area contributed by atoms with Gasteiger partial charge in [-0.1, -0.05) is 62.4 Å². The van der Waals surface area contributed by atoms with Crippen molar-refractivity contribution < 1.29 is 33.8 Å². The molecule has 1 aliphatic carbocycles. The molecule has 0 heterocycles. The average molecular weight is 600 g/mol. The summed E-state index contributed by atoms with van der Waals surface area (Å²) in [5.41, 5.74) is 9.33. The second-order valence-corrected chi connectivity index (χ2v) is 10.6. The van der Waals surface area contributed by atoms with Crippen LogP contribution in [0.25, 0.3) is 11.1 Å². The minimum Gasteiger partial charge on any atom is -0.480 e. The zero-order valence-electron chi connectivity index (χ0n) is 23.5. The maximum atomic E-state index is 13.3. The SMILES string of the molecule is CC(C)[C@H](NC(=O)OCC1c2ccccc2-c2ccccc21)C(=O)N[C@@H](CCCNC(N)=O)C(=O)N[C@@H](CS)C(=O)O. The molecule has 7 N–H and O–H groups in total. The second kappa shape index (κ2) is 15.1. The summed E-state index contributed by atoms with van der Waals surface area (Å²) in [4.78, 5) is 61.4. The Morgan fingerprint density at radius 2 is 1.48 bits per heavy atom. The second-order valence-electron chi connectivity index (χ2n) is 10.3. The lowest BCUT2D eigenvalue weighted by Crippen LogP contribution is -2.57. The first-order chi connectivity index (χ1) is 20.0. The number of carboxylic acids is 1. The molecule has 0 saturated carbocycles. The number of primary amides is 1. The van der Waals surface area contributed by atoms with Gasteiger partial charge in [0.25, 0.3) is 0 Å². The highest BCUT2D eigenvalue weighted by molar-refractivity contribution is 7.80. The lowest BCUT2D eigenvalue weighted by molar-refractivity contribution is -0.141. The highest BCUT2D eigenvalue weighted by atomic mass is 32.1. The molecule has 226 valence electrons. The van der Waals surface area contributed by atoms with Crippen LogP contribution in [-0.2, 0) is 19.1 Å². The number of rotatable bonds is 14. The van der Waals surface area contributed by atoms with Crippen LogP contribution in [0.4, 0.5) is 9.59 Å². The van der Waals surface area contributed by atoms with Gasteiger partial charge in [-0.3, -0.25) is 9.59 Å². The van der Waals surface area contributed by atoms with Crippen LogP contribution in [-0.4, -0.2) is 72.0 Å². The first kappa shape index (κ1) is 32.3. The molecule has 12 nitrogen and oxygen atoms in total. The van der Waals surface area contributed by atoms with Gasteiger partial charge < -0.3 is 36.8 Å². The number of thiol groups is 1. The number of hydrogen-bond donors (Lipinski definition) is 7. The molecule has 0 aromatic heterocycles. The van der Waals surface area contributed by atoms with Gasteiger partial charge in [0.2, 0.25) is 11.8 Å². The molecule has 13 heteroatoms. The predicted octanol–water partition coefficient (Wildman–Crippen LogP) is 1.98. The third kappa shape index (κ3) is 8.38. The van der Waals surface area contributed by atoms with Crippen molar-refractivity contribution >= 4 is 42.5 Å². The van der Waals surface area contributed by atoms with E-state index in [1.54, 1.807) is 13.8 Å². The minimum atomic E-state index is -1.28. The van der Waals surface area contributed by atoms with E-state index >= 15 is 0 Å². The Morgan fingerprint density at radius 1 is 0.905 bits per heavy atom. The van der Waals surface area contributed by atoms with Crippen LogP contribution >= 0.6 is 12.6 Å². The fraction of sp³-hybridized carbons (Fsp3) is 0.414. The van der Waals surface area contributed by atoms with Crippen LogP contribution in [0.2, 0.25) is 0 Å². The molecule has 1 aliphatic rings. The lowest BCUT2D eigenvalue weighted by Gasteiger charge is -2.26. The molecule has 0 bridgehead atoms. The van der Waals surface area contributed by atoms with Crippen LogP contribution in [0.5, 0.6) is 0 Å². The quantitative estimate of drug-likeness (QED) is 0.128. The van der Waals surface area contributed by atoms with Crippen molar-refractivity contribution in [3.8, 4) is 11.1 Å². The van der Waals surface area contributed by atoms with E-state index in [2.05, 4.69) is 33.9 Å². The number of nitrogens with two attached hydrogens (primary N) is 1. The minimum absolute atomic E-state index is 0.0600. The summed E-state index contributed by atoms with van der Waals surface area (Å²) in [5.74, 6) is -3.38. The van der Waals surface area contributed by atoms with Gasteiger partial charge in [0, 0.05) is 18.2 Å². The van der Waals surface area contributed by atoms with E-state index in [0.717, 1.165) is 22.3 Å². The van der Waals surface area contributed by atoms with Gasteiger partial charge in [0.1, 0.15) is 24.7 Å². The van der Waals surface area contributed by atoms with Gasteiger partial charge in [0.15, 0.2) is 0 Å². The molecule has 0 radical (unpaired) electrons. The summed E-state index contributed by atoms with van der Waals surface area (Å²) < 4.78 is 5.58. The van der Waals surface area contributed by atoms with Gasteiger partial charge in [-0.05, 0) is 41.0 Å². The summed E-state index contributed by atoms with van der Waals surface area (Å²) in [6.45, 7) is 3.64. The average Bonchev–Trinajstić information content (AvgIpc) is 3.27. The number of fused-ring (bicyclic) bond motifs is 3. The Balaban J connectivity index is 1.66. The van der Waals surface area contributed by atoms with Gasteiger partial charge in [-0.25, -0.2) is 14.4 Å². The van der Waals surface area contributed by atoms with Crippen molar-refractivity contribution in [3.05, 3.63) is 59.7 Å². The molecule has 0 unspecified atom stereocenters. The van der Waals surface area contributed by atoms with E-state index in [9.17, 15) is 29.1 Å². The van der Waals surface area contributed by atoms with E-state index in [1.165, 1.54) is 0 Å². The number of nitrogens with one attached hydrogen (secondary N) is 4. The van der Waals surface area contributed by atoms with Crippen molar-refractivity contribution in [3.63, 3.8) is 0 Å². The Labute approximate surface area is 249 Å². The molecule has 0 fully saturated rings. The third-order valence-corrected chi connectivity index (χ3v) is 7.33. The fourth-order valence-corrected chi connectivity index (χ4v) is 5.06. The summed E-state index contributed by atoms with van der Waals surface area (Å²) in [6.07, 6.45) is -0.475. The summed E-state index contributed by atoms with van der Waals surface area (Å²) in [7, 11) is 0. The largest absolute Gasteiger partial charge is 0.480 e. The highest BCUT2D eigenvalue weighted by Gasteiger charge is 2.32. The molecule has 2 aromatic carbocycles. The van der Waals surface area contributed by atoms with Crippen molar-refractivity contribution in [2.24, 2.45) is 11.7 Å². The van der Waals surface area contributed by atoms with Crippen LogP contribution < -0.4 is 27.0 Å². The lowest BCUT2D eigenvalue weighted by atomic mass is 9.98. The monoisotopic (exact) mass is 599 g/mol. The van der Waals surface area contributed by atoms with Crippen LogP contribution in [0.3, 0.4) is 0 Å². The maximum absolute atomic E-state index is 13.3. The highest BCUT2D eigenvalue weighted by Crippen LogP contribution is 2.44. The normalized spacial score (nSPS) is 14.1. The zero-order chi connectivity index (χ0) is 30.8. The third-order valence-electron chi connectivity index (χ3n) is 6.97. The van der Waals surface area contributed by atoms with E-state index in [4.69, 9.17) is 10.5 Å². The fourth-order valence-electron chi connectivity index (χ4n) is 4.81. The number of amides is 5. The van der Waals surface area contributed by atoms with Crippen molar-refractivity contribution in [1.82, 2.24) is 21.3 Å². The summed E-state index contributed by atoms with van der Waals surface area (Å²) in [6, 6.07) is 11.6. The maximum Gasteiger partial charge on any atom is 0.407 e.